The van der Waals surface area contributed by atoms with Crippen molar-refractivity contribution >= 4 is 17.4 Å². The average Bonchev–Trinajstić information content (AvgIpc) is 2.82. The number of anilines is 1. The Kier molecular flexibility index (Phi) is 4.10. The maximum absolute atomic E-state index is 11.7. The van der Waals surface area contributed by atoms with Gasteiger partial charge in [0.1, 0.15) is 0 Å². The lowest BCUT2D eigenvalue weighted by Crippen LogP contribution is -2.19. The van der Waals surface area contributed by atoms with E-state index < -0.39 is 0 Å². The normalized spacial score (nSPS) is 18.6. The first-order chi connectivity index (χ1) is 8.65. The zero-order chi connectivity index (χ0) is 13.0. The highest BCUT2D eigenvalue weighted by molar-refractivity contribution is 5.95. The Hall–Kier alpha value is -1.68. The molecular formula is C14H17NO3. The molecule has 0 aromatic heterocycles. The molecule has 0 radical (unpaired) electrons. The number of Topliss-reactive ketones (excluding diaryl/α,β-unsaturated/α-hetero) is 1. The van der Waals surface area contributed by atoms with Crippen LogP contribution in [0.1, 0.15) is 36.5 Å². The fourth-order valence-electron chi connectivity index (χ4n) is 2.01. The van der Waals surface area contributed by atoms with E-state index in [0.29, 0.717) is 17.7 Å². The molecule has 4 nitrogen and oxygen atoms in total. The van der Waals surface area contributed by atoms with Crippen molar-refractivity contribution in [2.24, 2.45) is 0 Å². The van der Waals surface area contributed by atoms with Crippen LogP contribution < -0.4 is 5.32 Å². The lowest BCUT2D eigenvalue weighted by Gasteiger charge is -2.09. The molecule has 1 aromatic carbocycles. The first-order valence-electron chi connectivity index (χ1n) is 6.17. The highest BCUT2D eigenvalue weighted by Gasteiger charge is 2.18. The van der Waals surface area contributed by atoms with Gasteiger partial charge >= 0.3 is 0 Å². The van der Waals surface area contributed by atoms with Crippen LogP contribution in [0.4, 0.5) is 5.69 Å². The number of carbonyl (C=O) groups is 2. The van der Waals surface area contributed by atoms with E-state index in [1.54, 1.807) is 24.3 Å². The van der Waals surface area contributed by atoms with Gasteiger partial charge in [-0.1, -0.05) is 0 Å². The monoisotopic (exact) mass is 247 g/mol. The highest BCUT2D eigenvalue weighted by Crippen LogP contribution is 2.16. The molecule has 1 fully saturated rings. The molecule has 0 saturated carbocycles. The Morgan fingerprint density at radius 3 is 2.61 bits per heavy atom. The lowest BCUT2D eigenvalue weighted by molar-refractivity contribution is -0.118. The quantitative estimate of drug-likeness (QED) is 0.831. The summed E-state index contributed by atoms with van der Waals surface area (Å²) in [5.74, 6) is -0.0234. The number of hydrogen-bond acceptors (Lipinski definition) is 3. The van der Waals surface area contributed by atoms with Crippen molar-refractivity contribution in [2.75, 3.05) is 11.9 Å². The van der Waals surface area contributed by atoms with Crippen molar-refractivity contribution in [3.8, 4) is 0 Å². The number of rotatable bonds is 4. The number of benzene rings is 1. The van der Waals surface area contributed by atoms with Crippen LogP contribution >= 0.6 is 0 Å². The van der Waals surface area contributed by atoms with E-state index in [2.05, 4.69) is 5.32 Å². The first-order valence-corrected chi connectivity index (χ1v) is 6.17. The fraction of sp³-hybridized carbons (Fsp3) is 0.429. The van der Waals surface area contributed by atoms with E-state index in [4.69, 9.17) is 4.74 Å². The second-order valence-electron chi connectivity index (χ2n) is 4.52. The predicted octanol–water partition coefficient (Wildman–Crippen LogP) is 2.40. The van der Waals surface area contributed by atoms with Gasteiger partial charge in [0, 0.05) is 17.9 Å². The van der Waals surface area contributed by atoms with Gasteiger partial charge in [0.05, 0.1) is 12.5 Å². The summed E-state index contributed by atoms with van der Waals surface area (Å²) in [5, 5.41) is 2.80. The zero-order valence-corrected chi connectivity index (χ0v) is 10.4. The van der Waals surface area contributed by atoms with E-state index in [9.17, 15) is 9.59 Å². The van der Waals surface area contributed by atoms with Crippen LogP contribution in [0.25, 0.3) is 0 Å². The van der Waals surface area contributed by atoms with Crippen LogP contribution in [-0.2, 0) is 9.53 Å². The molecule has 1 aromatic rings. The van der Waals surface area contributed by atoms with Crippen molar-refractivity contribution in [1.29, 1.82) is 0 Å². The molecule has 1 atom stereocenters. The molecule has 1 aliphatic heterocycles. The van der Waals surface area contributed by atoms with Gasteiger partial charge in [-0.2, -0.15) is 0 Å². The molecular weight excluding hydrogens is 230 g/mol. The van der Waals surface area contributed by atoms with Crippen molar-refractivity contribution in [1.82, 2.24) is 0 Å². The second-order valence-corrected chi connectivity index (χ2v) is 4.52. The topological polar surface area (TPSA) is 55.4 Å². The van der Waals surface area contributed by atoms with Crippen molar-refractivity contribution in [3.63, 3.8) is 0 Å². The van der Waals surface area contributed by atoms with Crippen LogP contribution in [-0.4, -0.2) is 24.4 Å². The lowest BCUT2D eigenvalue weighted by atomic mass is 10.1. The van der Waals surface area contributed by atoms with Gasteiger partial charge in [-0.15, -0.1) is 0 Å². The SMILES string of the molecule is CC(=O)c1ccc(NC(=O)CC2CCCO2)cc1. The summed E-state index contributed by atoms with van der Waals surface area (Å²) in [6.07, 6.45) is 2.44. The third-order valence-electron chi connectivity index (χ3n) is 3.01. The summed E-state index contributed by atoms with van der Waals surface area (Å²) in [6, 6.07) is 6.91. The number of hydrogen-bond donors (Lipinski definition) is 1. The zero-order valence-electron chi connectivity index (χ0n) is 10.4. The van der Waals surface area contributed by atoms with Crippen LogP contribution in [0.2, 0.25) is 0 Å². The first kappa shape index (κ1) is 12.8. The Balaban J connectivity index is 1.88. The molecule has 1 amide bonds. The fourth-order valence-corrected chi connectivity index (χ4v) is 2.01. The minimum atomic E-state index is -0.0440. The summed E-state index contributed by atoms with van der Waals surface area (Å²) in [7, 11) is 0. The van der Waals surface area contributed by atoms with Crippen molar-refractivity contribution < 1.29 is 14.3 Å². The Morgan fingerprint density at radius 1 is 1.33 bits per heavy atom. The van der Waals surface area contributed by atoms with E-state index in [0.717, 1.165) is 19.4 Å². The van der Waals surface area contributed by atoms with Gasteiger partial charge in [0.25, 0.3) is 0 Å². The highest BCUT2D eigenvalue weighted by atomic mass is 16.5. The van der Waals surface area contributed by atoms with Gasteiger partial charge in [0.15, 0.2) is 5.78 Å². The van der Waals surface area contributed by atoms with Gasteiger partial charge in [-0.05, 0) is 44.0 Å². The number of amides is 1. The minimum Gasteiger partial charge on any atom is -0.378 e. The minimum absolute atomic E-state index is 0.0206. The van der Waals surface area contributed by atoms with Crippen LogP contribution in [0.5, 0.6) is 0 Å². The molecule has 2 rings (SSSR count). The molecule has 96 valence electrons. The largest absolute Gasteiger partial charge is 0.378 e. The number of nitrogens with one attached hydrogen (secondary N) is 1. The molecule has 4 heteroatoms. The molecule has 1 aliphatic rings. The van der Waals surface area contributed by atoms with Gasteiger partial charge in [-0.25, -0.2) is 0 Å². The summed E-state index contributed by atoms with van der Waals surface area (Å²) in [5.41, 5.74) is 1.36. The summed E-state index contributed by atoms with van der Waals surface area (Å²) < 4.78 is 5.41. The Morgan fingerprint density at radius 2 is 2.06 bits per heavy atom. The van der Waals surface area contributed by atoms with Crippen LogP contribution in [0, 0.1) is 0 Å². The van der Waals surface area contributed by atoms with Crippen LogP contribution in [0.3, 0.4) is 0 Å². The third-order valence-corrected chi connectivity index (χ3v) is 3.01. The molecule has 0 bridgehead atoms. The van der Waals surface area contributed by atoms with Crippen molar-refractivity contribution in [2.45, 2.75) is 32.3 Å². The molecule has 0 aliphatic carbocycles. The summed E-state index contributed by atoms with van der Waals surface area (Å²) in [4.78, 5) is 22.8. The molecule has 1 unspecified atom stereocenters. The van der Waals surface area contributed by atoms with Crippen LogP contribution in [0.15, 0.2) is 24.3 Å². The standard InChI is InChI=1S/C14H17NO3/c1-10(16)11-4-6-12(7-5-11)15-14(17)9-13-3-2-8-18-13/h4-7,13H,2-3,8-9H2,1H3,(H,15,17). The molecule has 1 saturated heterocycles. The summed E-state index contributed by atoms with van der Waals surface area (Å²) in [6.45, 7) is 2.27. The van der Waals surface area contributed by atoms with E-state index in [-0.39, 0.29) is 17.8 Å². The molecule has 1 heterocycles. The number of ether oxygens (including phenoxy) is 1. The second kappa shape index (κ2) is 5.78. The molecule has 0 spiro atoms. The number of carbonyl (C=O) groups excluding carboxylic acids is 2. The maximum atomic E-state index is 11.7. The molecule has 18 heavy (non-hydrogen) atoms. The van der Waals surface area contributed by atoms with Gasteiger partial charge in [-0.3, -0.25) is 9.59 Å². The third kappa shape index (κ3) is 3.40. The Labute approximate surface area is 106 Å². The van der Waals surface area contributed by atoms with E-state index in [1.807, 2.05) is 0 Å². The summed E-state index contributed by atoms with van der Waals surface area (Å²) >= 11 is 0. The maximum Gasteiger partial charge on any atom is 0.226 e. The predicted molar refractivity (Wildman–Crippen MR) is 68.7 cm³/mol. The van der Waals surface area contributed by atoms with Gasteiger partial charge in [0.2, 0.25) is 5.91 Å². The van der Waals surface area contributed by atoms with E-state index >= 15 is 0 Å². The Bertz CT molecular complexity index is 433. The number of ketones is 1. The average molecular weight is 247 g/mol. The van der Waals surface area contributed by atoms with E-state index in [1.165, 1.54) is 6.92 Å². The van der Waals surface area contributed by atoms with Gasteiger partial charge < -0.3 is 10.1 Å². The molecule has 1 N–H and O–H groups in total. The van der Waals surface area contributed by atoms with Crippen molar-refractivity contribution in [3.05, 3.63) is 29.8 Å². The smallest absolute Gasteiger partial charge is 0.226 e.